The molecule has 1 heterocycles. The maximum absolute atomic E-state index is 5.58. The summed E-state index contributed by atoms with van der Waals surface area (Å²) >= 11 is 2.30. The van der Waals surface area contributed by atoms with Crippen LogP contribution in [0.4, 0.5) is 0 Å². The number of nitrogens with zero attached hydrogens (tertiary/aromatic N) is 2. The van der Waals surface area contributed by atoms with Crippen LogP contribution in [0.15, 0.2) is 6.20 Å². The average molecular weight is 308 g/mol. The van der Waals surface area contributed by atoms with Crippen molar-refractivity contribution in [3.05, 3.63) is 15.5 Å². The molecule has 0 fully saturated rings. The maximum atomic E-state index is 5.58. The summed E-state index contributed by atoms with van der Waals surface area (Å²) in [4.78, 5) is 0. The number of halogens is 1. The van der Waals surface area contributed by atoms with E-state index in [0.717, 1.165) is 19.6 Å². The minimum absolute atomic E-state index is 0.687. The smallest absolute Gasteiger partial charge is 0.0895 e. The zero-order valence-corrected chi connectivity index (χ0v) is 11.0. The Kier molecular flexibility index (Phi) is 5.47. The van der Waals surface area contributed by atoms with Gasteiger partial charge in [0.05, 0.1) is 22.1 Å². The highest BCUT2D eigenvalue weighted by molar-refractivity contribution is 14.1. The summed E-state index contributed by atoms with van der Waals surface area (Å²) in [5.74, 6) is 0. The van der Waals surface area contributed by atoms with E-state index >= 15 is 0 Å². The highest BCUT2D eigenvalue weighted by atomic mass is 127. The predicted octanol–water partition coefficient (Wildman–Crippen LogP) is 2.82. The summed E-state index contributed by atoms with van der Waals surface area (Å²) in [6.07, 6.45) is 4.21. The predicted molar refractivity (Wildman–Crippen MR) is 65.2 cm³/mol. The second kappa shape index (κ2) is 6.40. The van der Waals surface area contributed by atoms with Gasteiger partial charge >= 0.3 is 0 Å². The van der Waals surface area contributed by atoms with Crippen molar-refractivity contribution >= 4 is 22.6 Å². The second-order valence-corrected chi connectivity index (χ2v) is 4.32. The Balaban J connectivity index is 2.44. The molecule has 0 aliphatic rings. The van der Waals surface area contributed by atoms with Gasteiger partial charge in [0.25, 0.3) is 0 Å². The van der Waals surface area contributed by atoms with Crippen LogP contribution in [-0.4, -0.2) is 16.4 Å². The first-order valence-electron chi connectivity index (χ1n) is 5.07. The van der Waals surface area contributed by atoms with Gasteiger partial charge in [-0.15, -0.1) is 0 Å². The number of unbranched alkanes of at least 4 members (excludes halogenated alkanes) is 1. The summed E-state index contributed by atoms with van der Waals surface area (Å²) in [6.45, 7) is 6.71. The minimum Gasteiger partial charge on any atom is -0.375 e. The van der Waals surface area contributed by atoms with E-state index in [-0.39, 0.29) is 0 Å². The summed E-state index contributed by atoms with van der Waals surface area (Å²) < 4.78 is 8.77. The van der Waals surface area contributed by atoms with E-state index in [2.05, 4.69) is 41.5 Å². The monoisotopic (exact) mass is 308 g/mol. The van der Waals surface area contributed by atoms with Crippen molar-refractivity contribution < 1.29 is 4.74 Å². The molecule has 0 atom stereocenters. The average Bonchev–Trinajstić information content (AvgIpc) is 2.55. The van der Waals surface area contributed by atoms with Crippen LogP contribution < -0.4 is 0 Å². The van der Waals surface area contributed by atoms with E-state index in [1.165, 1.54) is 15.7 Å². The van der Waals surface area contributed by atoms with Crippen LogP contribution >= 0.6 is 22.6 Å². The van der Waals surface area contributed by atoms with Gasteiger partial charge in [-0.3, -0.25) is 4.68 Å². The molecule has 0 spiro atoms. The van der Waals surface area contributed by atoms with Gasteiger partial charge < -0.3 is 4.74 Å². The zero-order chi connectivity index (χ0) is 10.4. The lowest BCUT2D eigenvalue weighted by Gasteiger charge is -2.06. The molecular formula is C10H17IN2O. The summed E-state index contributed by atoms with van der Waals surface area (Å²) in [5.41, 5.74) is 1.20. The van der Waals surface area contributed by atoms with Crippen molar-refractivity contribution in [3.8, 4) is 0 Å². The van der Waals surface area contributed by atoms with Gasteiger partial charge in [-0.05, 0) is 35.9 Å². The molecular weight excluding hydrogens is 291 g/mol. The lowest BCUT2D eigenvalue weighted by Crippen LogP contribution is -2.06. The number of rotatable bonds is 6. The normalized spacial score (nSPS) is 10.8. The van der Waals surface area contributed by atoms with Crippen molar-refractivity contribution in [1.29, 1.82) is 0 Å². The molecule has 0 aliphatic heterocycles. The molecule has 0 aliphatic carbocycles. The van der Waals surface area contributed by atoms with E-state index in [9.17, 15) is 0 Å². The summed E-state index contributed by atoms with van der Waals surface area (Å²) in [7, 11) is 0. The SMILES string of the molecule is CCCCOCc1c(I)cnn1CC. The van der Waals surface area contributed by atoms with Crippen LogP contribution in [0.5, 0.6) is 0 Å². The van der Waals surface area contributed by atoms with Crippen molar-refractivity contribution in [1.82, 2.24) is 9.78 Å². The van der Waals surface area contributed by atoms with Gasteiger partial charge in [-0.2, -0.15) is 5.10 Å². The third-order valence-corrected chi connectivity index (χ3v) is 2.98. The van der Waals surface area contributed by atoms with Gasteiger partial charge in [0, 0.05) is 13.2 Å². The lowest BCUT2D eigenvalue weighted by atomic mass is 10.4. The maximum Gasteiger partial charge on any atom is 0.0895 e. The zero-order valence-electron chi connectivity index (χ0n) is 8.79. The summed E-state index contributed by atoms with van der Waals surface area (Å²) in [5, 5.41) is 4.26. The highest BCUT2D eigenvalue weighted by Crippen LogP contribution is 2.12. The van der Waals surface area contributed by atoms with Crippen LogP contribution in [0, 0.1) is 3.57 Å². The van der Waals surface area contributed by atoms with Crippen molar-refractivity contribution in [2.45, 2.75) is 39.8 Å². The molecule has 0 bridgehead atoms. The molecule has 1 rings (SSSR count). The summed E-state index contributed by atoms with van der Waals surface area (Å²) in [6, 6.07) is 0. The van der Waals surface area contributed by atoms with E-state index in [0.29, 0.717) is 6.61 Å². The van der Waals surface area contributed by atoms with E-state index in [4.69, 9.17) is 4.74 Å². The Morgan fingerprint density at radius 3 is 2.93 bits per heavy atom. The van der Waals surface area contributed by atoms with E-state index in [1.807, 2.05) is 10.9 Å². The molecule has 0 aromatic carbocycles. The van der Waals surface area contributed by atoms with Crippen molar-refractivity contribution in [2.75, 3.05) is 6.61 Å². The Labute approximate surface area is 99.0 Å². The van der Waals surface area contributed by atoms with Gasteiger partial charge in [0.15, 0.2) is 0 Å². The number of aromatic nitrogens is 2. The lowest BCUT2D eigenvalue weighted by molar-refractivity contribution is 0.112. The van der Waals surface area contributed by atoms with Crippen LogP contribution in [-0.2, 0) is 17.9 Å². The van der Waals surface area contributed by atoms with Crippen LogP contribution in [0.25, 0.3) is 0 Å². The quantitative estimate of drug-likeness (QED) is 0.597. The molecule has 0 saturated heterocycles. The van der Waals surface area contributed by atoms with Gasteiger partial charge in [0.2, 0.25) is 0 Å². The molecule has 0 radical (unpaired) electrons. The standard InChI is InChI=1S/C10H17IN2O/c1-3-5-6-14-8-10-9(11)7-12-13(10)4-2/h7H,3-6,8H2,1-2H3. The molecule has 80 valence electrons. The Morgan fingerprint density at radius 2 is 2.29 bits per heavy atom. The fourth-order valence-electron chi connectivity index (χ4n) is 1.22. The first-order chi connectivity index (χ1) is 6.79. The number of hydrogen-bond acceptors (Lipinski definition) is 2. The Morgan fingerprint density at radius 1 is 1.50 bits per heavy atom. The van der Waals surface area contributed by atoms with Gasteiger partial charge in [0.1, 0.15) is 0 Å². The molecule has 1 aromatic heterocycles. The third kappa shape index (κ3) is 3.24. The van der Waals surface area contributed by atoms with Crippen LogP contribution in [0.2, 0.25) is 0 Å². The Bertz CT molecular complexity index is 273. The Hall–Kier alpha value is -0.100. The largest absolute Gasteiger partial charge is 0.375 e. The molecule has 1 aromatic rings. The number of ether oxygens (including phenoxy) is 1. The molecule has 0 unspecified atom stereocenters. The first kappa shape index (κ1) is 12.0. The van der Waals surface area contributed by atoms with Crippen molar-refractivity contribution in [3.63, 3.8) is 0 Å². The van der Waals surface area contributed by atoms with Crippen molar-refractivity contribution in [2.24, 2.45) is 0 Å². The van der Waals surface area contributed by atoms with Crippen LogP contribution in [0.1, 0.15) is 32.4 Å². The molecule has 0 N–H and O–H groups in total. The first-order valence-corrected chi connectivity index (χ1v) is 6.15. The van der Waals surface area contributed by atoms with Gasteiger partial charge in [-0.1, -0.05) is 13.3 Å². The van der Waals surface area contributed by atoms with E-state index < -0.39 is 0 Å². The fourth-order valence-corrected chi connectivity index (χ4v) is 1.78. The molecule has 4 heteroatoms. The van der Waals surface area contributed by atoms with Crippen LogP contribution in [0.3, 0.4) is 0 Å². The molecule has 0 amide bonds. The number of aryl methyl sites for hydroxylation is 1. The topological polar surface area (TPSA) is 27.1 Å². The van der Waals surface area contributed by atoms with Gasteiger partial charge in [-0.25, -0.2) is 0 Å². The minimum atomic E-state index is 0.687. The molecule has 0 saturated carbocycles. The molecule has 3 nitrogen and oxygen atoms in total. The fraction of sp³-hybridized carbons (Fsp3) is 0.700. The third-order valence-electron chi connectivity index (χ3n) is 2.08. The molecule has 14 heavy (non-hydrogen) atoms. The second-order valence-electron chi connectivity index (χ2n) is 3.16. The van der Waals surface area contributed by atoms with E-state index in [1.54, 1.807) is 0 Å². The highest BCUT2D eigenvalue weighted by Gasteiger charge is 2.06. The number of hydrogen-bond donors (Lipinski definition) is 0.